The summed E-state index contributed by atoms with van der Waals surface area (Å²) in [4.78, 5) is 36.3. The minimum atomic E-state index is -4.67. The van der Waals surface area contributed by atoms with Gasteiger partial charge in [0.1, 0.15) is 0 Å². The third-order valence-electron chi connectivity index (χ3n) is 3.81. The molecule has 29 heavy (non-hydrogen) atoms. The van der Waals surface area contributed by atoms with Gasteiger partial charge in [-0.15, -0.1) is 6.58 Å². The number of aryl methyl sites for hydroxylation is 1. The number of carbonyl (C=O) groups is 2. The highest BCUT2D eigenvalue weighted by molar-refractivity contribution is 5.90. The van der Waals surface area contributed by atoms with Gasteiger partial charge in [0.25, 0.3) is 5.91 Å². The van der Waals surface area contributed by atoms with Crippen molar-refractivity contribution in [2.24, 2.45) is 0 Å². The number of ether oxygens (including phenoxy) is 1. The van der Waals surface area contributed by atoms with E-state index in [1.165, 1.54) is 32.1 Å². The van der Waals surface area contributed by atoms with E-state index < -0.39 is 40.8 Å². The number of carbonyl (C=O) groups excluding carboxylic acids is 2. The highest BCUT2D eigenvalue weighted by Gasteiger charge is 2.34. The fourth-order valence-electron chi connectivity index (χ4n) is 2.42. The number of para-hydroxylation sites is 1. The van der Waals surface area contributed by atoms with E-state index in [-0.39, 0.29) is 17.9 Å². The number of alkyl halides is 3. The minimum absolute atomic E-state index is 0.0834. The van der Waals surface area contributed by atoms with Gasteiger partial charge in [-0.1, -0.05) is 18.2 Å². The third kappa shape index (κ3) is 5.09. The number of rotatable bonds is 6. The van der Waals surface area contributed by atoms with Crippen LogP contribution in [0.3, 0.4) is 0 Å². The normalized spacial score (nSPS) is 12.2. The van der Waals surface area contributed by atoms with E-state index in [4.69, 9.17) is 4.74 Å². The quantitative estimate of drug-likeness (QED) is 0.585. The molecule has 0 spiro atoms. The van der Waals surface area contributed by atoms with E-state index in [2.05, 4.69) is 17.0 Å². The Balaban J connectivity index is 2.43. The van der Waals surface area contributed by atoms with Crippen LogP contribution >= 0.6 is 0 Å². The minimum Gasteiger partial charge on any atom is -0.448 e. The zero-order valence-corrected chi connectivity index (χ0v) is 15.6. The van der Waals surface area contributed by atoms with E-state index in [0.29, 0.717) is 0 Å². The fraction of sp³-hybridized carbons (Fsp3) is 0.263. The first-order valence-corrected chi connectivity index (χ1v) is 8.43. The monoisotopic (exact) mass is 409 g/mol. The maximum absolute atomic E-state index is 13.3. The van der Waals surface area contributed by atoms with E-state index in [1.54, 1.807) is 0 Å². The molecule has 0 aliphatic rings. The largest absolute Gasteiger partial charge is 0.448 e. The van der Waals surface area contributed by atoms with Gasteiger partial charge in [-0.2, -0.15) is 18.3 Å². The maximum Gasteiger partial charge on any atom is 0.418 e. The van der Waals surface area contributed by atoms with Gasteiger partial charge in [0.2, 0.25) is 11.1 Å². The van der Waals surface area contributed by atoms with Crippen molar-refractivity contribution in [2.75, 3.05) is 6.54 Å². The second kappa shape index (κ2) is 8.72. The number of nitrogens with one attached hydrogen (secondary N) is 1. The van der Waals surface area contributed by atoms with Crippen LogP contribution in [-0.2, 0) is 15.7 Å². The summed E-state index contributed by atoms with van der Waals surface area (Å²) in [6.45, 7) is 6.23. The van der Waals surface area contributed by atoms with Crippen molar-refractivity contribution in [2.45, 2.75) is 26.1 Å². The molecule has 2 rings (SSSR count). The van der Waals surface area contributed by atoms with Gasteiger partial charge in [0.05, 0.1) is 11.3 Å². The average Bonchev–Trinajstić information content (AvgIpc) is 2.65. The molecule has 10 heteroatoms. The molecule has 2 aromatic rings. The SMILES string of the molecule is C=CCNC(=O)[C@H](C)OC(=O)c1nn(-c2ccccc2C(F)(F)F)c(C)cc1=O. The molecule has 1 amide bonds. The lowest BCUT2D eigenvalue weighted by Crippen LogP contribution is -2.37. The van der Waals surface area contributed by atoms with Gasteiger partial charge in [-0.25, -0.2) is 9.48 Å². The van der Waals surface area contributed by atoms with Crippen LogP contribution in [0.4, 0.5) is 13.2 Å². The molecule has 0 saturated carbocycles. The van der Waals surface area contributed by atoms with Crippen molar-refractivity contribution >= 4 is 11.9 Å². The average molecular weight is 409 g/mol. The van der Waals surface area contributed by atoms with Crippen LogP contribution in [0.2, 0.25) is 0 Å². The van der Waals surface area contributed by atoms with Crippen molar-refractivity contribution in [1.29, 1.82) is 0 Å². The molecule has 0 fully saturated rings. The maximum atomic E-state index is 13.3. The molecule has 0 unspecified atom stereocenters. The zero-order valence-electron chi connectivity index (χ0n) is 15.6. The Kier molecular flexibility index (Phi) is 6.57. The van der Waals surface area contributed by atoms with Crippen LogP contribution in [0.5, 0.6) is 0 Å². The summed E-state index contributed by atoms with van der Waals surface area (Å²) in [6.07, 6.45) is -4.50. The summed E-state index contributed by atoms with van der Waals surface area (Å²) in [5.74, 6) is -1.86. The summed E-state index contributed by atoms with van der Waals surface area (Å²) in [7, 11) is 0. The summed E-state index contributed by atoms with van der Waals surface area (Å²) < 4.78 is 45.7. The van der Waals surface area contributed by atoms with E-state index in [1.807, 2.05) is 0 Å². The van der Waals surface area contributed by atoms with Gasteiger partial charge in [-0.3, -0.25) is 9.59 Å². The van der Waals surface area contributed by atoms with Gasteiger partial charge >= 0.3 is 12.1 Å². The van der Waals surface area contributed by atoms with Crippen molar-refractivity contribution in [3.63, 3.8) is 0 Å². The second-order valence-electron chi connectivity index (χ2n) is 6.01. The number of aromatic nitrogens is 2. The van der Waals surface area contributed by atoms with Crippen LogP contribution < -0.4 is 10.7 Å². The van der Waals surface area contributed by atoms with Crippen molar-refractivity contribution < 1.29 is 27.5 Å². The first-order chi connectivity index (χ1) is 13.6. The summed E-state index contributed by atoms with van der Waals surface area (Å²) in [5, 5.41) is 6.18. The van der Waals surface area contributed by atoms with Crippen molar-refractivity contribution in [3.05, 3.63) is 70.2 Å². The Labute approximate surface area is 163 Å². The Bertz CT molecular complexity index is 999. The molecule has 1 aromatic heterocycles. The molecule has 0 aliphatic carbocycles. The molecule has 1 N–H and O–H groups in total. The molecule has 0 bridgehead atoms. The van der Waals surface area contributed by atoms with Crippen LogP contribution in [0.1, 0.15) is 28.7 Å². The van der Waals surface area contributed by atoms with Crippen LogP contribution in [0.25, 0.3) is 5.69 Å². The van der Waals surface area contributed by atoms with Gasteiger partial charge in [-0.05, 0) is 26.0 Å². The number of hydrogen-bond acceptors (Lipinski definition) is 5. The molecule has 1 aromatic carbocycles. The second-order valence-corrected chi connectivity index (χ2v) is 6.01. The highest BCUT2D eigenvalue weighted by Crippen LogP contribution is 2.33. The molecule has 0 saturated heterocycles. The van der Waals surface area contributed by atoms with E-state index in [0.717, 1.165) is 22.9 Å². The predicted octanol–water partition coefficient (Wildman–Crippen LogP) is 2.41. The Morgan fingerprint density at radius 2 is 2.00 bits per heavy atom. The number of esters is 1. The first-order valence-electron chi connectivity index (χ1n) is 8.43. The first kappa shape index (κ1) is 21.9. The van der Waals surface area contributed by atoms with E-state index >= 15 is 0 Å². The molecular weight excluding hydrogens is 391 g/mol. The molecular formula is C19H18F3N3O4. The highest BCUT2D eigenvalue weighted by atomic mass is 19.4. The zero-order chi connectivity index (χ0) is 21.8. The molecule has 1 atom stereocenters. The molecule has 1 heterocycles. The number of halogens is 3. The number of nitrogens with zero attached hydrogens (tertiary/aromatic N) is 2. The molecule has 0 aliphatic heterocycles. The van der Waals surface area contributed by atoms with Crippen LogP contribution in [-0.4, -0.2) is 34.3 Å². The van der Waals surface area contributed by atoms with Gasteiger partial charge in [0, 0.05) is 18.3 Å². The molecule has 0 radical (unpaired) electrons. The van der Waals surface area contributed by atoms with Gasteiger partial charge in [0.15, 0.2) is 6.10 Å². The fourth-order valence-corrected chi connectivity index (χ4v) is 2.42. The number of benzene rings is 1. The Hall–Kier alpha value is -3.43. The van der Waals surface area contributed by atoms with Gasteiger partial charge < -0.3 is 10.1 Å². The van der Waals surface area contributed by atoms with Crippen molar-refractivity contribution in [3.8, 4) is 5.69 Å². The number of amides is 1. The lowest BCUT2D eigenvalue weighted by atomic mass is 10.1. The van der Waals surface area contributed by atoms with Crippen LogP contribution in [0, 0.1) is 6.92 Å². The molecule has 7 nitrogen and oxygen atoms in total. The predicted molar refractivity (Wildman–Crippen MR) is 97.7 cm³/mol. The smallest absolute Gasteiger partial charge is 0.418 e. The lowest BCUT2D eigenvalue weighted by molar-refractivity contribution is -0.137. The Morgan fingerprint density at radius 1 is 1.34 bits per heavy atom. The summed E-state index contributed by atoms with van der Waals surface area (Å²) in [5.41, 5.74) is -2.85. The lowest BCUT2D eigenvalue weighted by Gasteiger charge is -2.17. The van der Waals surface area contributed by atoms with Crippen molar-refractivity contribution in [1.82, 2.24) is 15.1 Å². The summed E-state index contributed by atoms with van der Waals surface area (Å²) in [6, 6.07) is 5.57. The third-order valence-corrected chi connectivity index (χ3v) is 3.81. The number of hydrogen-bond donors (Lipinski definition) is 1. The van der Waals surface area contributed by atoms with E-state index in [9.17, 15) is 27.6 Å². The summed E-state index contributed by atoms with van der Waals surface area (Å²) >= 11 is 0. The molecule has 154 valence electrons. The Morgan fingerprint density at radius 3 is 2.62 bits per heavy atom. The van der Waals surface area contributed by atoms with Crippen LogP contribution in [0.15, 0.2) is 47.8 Å². The standard InChI is InChI=1S/C19H18F3N3O4/c1-4-9-23-17(27)12(3)29-18(28)16-15(26)10-11(2)25(24-16)14-8-6-5-7-13(14)19(20,21)22/h4-8,10,12H,1,9H2,2-3H3,(H,23,27)/t12-/m0/s1. The topological polar surface area (TPSA) is 90.3 Å².